The summed E-state index contributed by atoms with van der Waals surface area (Å²) in [5.41, 5.74) is 2.00. The van der Waals surface area contributed by atoms with Crippen molar-refractivity contribution in [2.45, 2.75) is 69.7 Å². The predicted molar refractivity (Wildman–Crippen MR) is 139 cm³/mol. The zero-order valence-corrected chi connectivity index (χ0v) is 22.1. The number of ether oxygens (including phenoxy) is 1. The summed E-state index contributed by atoms with van der Waals surface area (Å²) in [6.07, 6.45) is 7.32. The van der Waals surface area contributed by atoms with Gasteiger partial charge < -0.3 is 19.5 Å². The van der Waals surface area contributed by atoms with Gasteiger partial charge in [-0.25, -0.2) is 14.2 Å². The van der Waals surface area contributed by atoms with E-state index in [0.29, 0.717) is 58.6 Å². The number of thiazole rings is 1. The molecule has 2 aliphatic carbocycles. The molecule has 2 fully saturated rings. The summed E-state index contributed by atoms with van der Waals surface area (Å²) in [5, 5.41) is 25.8. The third kappa shape index (κ3) is 4.59. The molecule has 8 nitrogen and oxygen atoms in total. The minimum absolute atomic E-state index is 0.0828. The molecular weight excluding hydrogens is 533 g/mol. The summed E-state index contributed by atoms with van der Waals surface area (Å²) >= 11 is 7.60. The number of aromatic carboxylic acids is 1. The van der Waals surface area contributed by atoms with Gasteiger partial charge in [0.15, 0.2) is 5.82 Å². The van der Waals surface area contributed by atoms with Crippen LogP contribution in [0.4, 0.5) is 4.39 Å². The fourth-order valence-electron chi connectivity index (χ4n) is 5.12. The molecule has 2 saturated carbocycles. The number of nitrogens with zero attached hydrogens (tertiary/aromatic N) is 3. The molecule has 6 rings (SSSR count). The number of pyridine rings is 1. The minimum atomic E-state index is -1.22. The number of hydrogen-bond acceptors (Lipinski definition) is 8. The second-order valence-corrected chi connectivity index (χ2v) is 11.6. The molecule has 0 amide bonds. The van der Waals surface area contributed by atoms with Crippen LogP contribution in [0, 0.1) is 12.7 Å². The zero-order chi connectivity index (χ0) is 26.6. The number of aromatic nitrogens is 3. The van der Waals surface area contributed by atoms with Gasteiger partial charge in [0, 0.05) is 29.4 Å². The van der Waals surface area contributed by atoms with Crippen molar-refractivity contribution < 1.29 is 28.7 Å². The number of carbonyl (C=O) groups is 1. The largest absolute Gasteiger partial charge is 0.478 e. The predicted octanol–water partition coefficient (Wildman–Crippen LogP) is 6.37. The van der Waals surface area contributed by atoms with E-state index in [0.717, 1.165) is 52.7 Å². The molecule has 38 heavy (non-hydrogen) atoms. The third-order valence-corrected chi connectivity index (χ3v) is 8.89. The Balaban J connectivity index is 1.18. The van der Waals surface area contributed by atoms with Gasteiger partial charge in [-0.05, 0) is 63.1 Å². The molecule has 0 spiro atoms. The lowest BCUT2D eigenvalue weighted by Gasteiger charge is -2.34. The second kappa shape index (κ2) is 9.68. The van der Waals surface area contributed by atoms with E-state index in [1.807, 2.05) is 6.92 Å². The van der Waals surface area contributed by atoms with Gasteiger partial charge in [0.2, 0.25) is 0 Å². The molecule has 1 aromatic carbocycles. The van der Waals surface area contributed by atoms with E-state index in [-0.39, 0.29) is 17.2 Å². The van der Waals surface area contributed by atoms with Gasteiger partial charge in [-0.1, -0.05) is 16.8 Å². The lowest BCUT2D eigenvalue weighted by molar-refractivity contribution is -0.0641. The normalized spacial score (nSPS) is 21.7. The number of carboxylic acids is 1. The SMILES string of the molecule is Cc1cncc(Cl)c1-c1noc(C2CC2)c1CO[C@H]1CC[C@](O)(c2nc3c(F)cc(C(=O)O)cc3s2)CC1. The summed E-state index contributed by atoms with van der Waals surface area (Å²) in [6, 6.07) is 2.35. The molecule has 0 bridgehead atoms. The summed E-state index contributed by atoms with van der Waals surface area (Å²) in [6.45, 7) is 2.25. The lowest BCUT2D eigenvalue weighted by Crippen LogP contribution is -2.34. The van der Waals surface area contributed by atoms with Crippen LogP contribution in [0.25, 0.3) is 21.5 Å². The monoisotopic (exact) mass is 557 g/mol. The van der Waals surface area contributed by atoms with Crippen molar-refractivity contribution in [3.63, 3.8) is 0 Å². The molecule has 0 radical (unpaired) electrons. The van der Waals surface area contributed by atoms with E-state index in [9.17, 15) is 19.4 Å². The maximum atomic E-state index is 14.5. The Morgan fingerprint density at radius 2 is 2.03 bits per heavy atom. The van der Waals surface area contributed by atoms with Gasteiger partial charge in [0.25, 0.3) is 0 Å². The number of benzene rings is 1. The maximum Gasteiger partial charge on any atom is 0.335 e. The molecule has 198 valence electrons. The lowest BCUT2D eigenvalue weighted by atomic mass is 9.83. The molecule has 4 aromatic rings. The van der Waals surface area contributed by atoms with Crippen LogP contribution in [-0.2, 0) is 16.9 Å². The average molecular weight is 558 g/mol. The smallest absolute Gasteiger partial charge is 0.335 e. The topological polar surface area (TPSA) is 119 Å². The van der Waals surface area contributed by atoms with Crippen molar-refractivity contribution >= 4 is 39.1 Å². The van der Waals surface area contributed by atoms with E-state index in [1.54, 1.807) is 12.4 Å². The molecule has 2 N–H and O–H groups in total. The standard InChI is InChI=1S/C27H25ClFN3O5S/c1-13-10-30-11-18(28)21(13)22-17(24(37-32-22)14-2-3-14)12-36-16-4-6-27(35,7-5-16)26-31-23-19(29)8-15(25(33)34)9-20(23)38-26/h8-11,14,16,35H,2-7,12H2,1H3,(H,33,34)/t16-,27+. The molecule has 11 heteroatoms. The van der Waals surface area contributed by atoms with Gasteiger partial charge >= 0.3 is 5.97 Å². The second-order valence-electron chi connectivity index (χ2n) is 10.1. The molecule has 0 unspecified atom stereocenters. The van der Waals surface area contributed by atoms with Crippen LogP contribution in [0.3, 0.4) is 0 Å². The highest BCUT2D eigenvalue weighted by Gasteiger charge is 2.39. The van der Waals surface area contributed by atoms with Crippen LogP contribution >= 0.6 is 22.9 Å². The van der Waals surface area contributed by atoms with Gasteiger partial charge in [-0.15, -0.1) is 11.3 Å². The van der Waals surface area contributed by atoms with Crippen LogP contribution in [0.5, 0.6) is 0 Å². The average Bonchev–Trinajstić information content (AvgIpc) is 3.48. The van der Waals surface area contributed by atoms with Crippen LogP contribution in [-0.4, -0.2) is 37.4 Å². The highest BCUT2D eigenvalue weighted by molar-refractivity contribution is 7.18. The van der Waals surface area contributed by atoms with Crippen molar-refractivity contribution in [1.29, 1.82) is 0 Å². The first-order valence-corrected chi connectivity index (χ1v) is 13.7. The Hall–Kier alpha value is -2.92. The number of hydrogen-bond donors (Lipinski definition) is 2. The van der Waals surface area contributed by atoms with Gasteiger partial charge in [-0.2, -0.15) is 0 Å². The fraction of sp³-hybridized carbons (Fsp3) is 0.407. The summed E-state index contributed by atoms with van der Waals surface area (Å²) in [4.78, 5) is 19.8. The van der Waals surface area contributed by atoms with Crippen molar-refractivity contribution in [2.75, 3.05) is 0 Å². The Bertz CT molecular complexity index is 1520. The molecule has 0 aliphatic heterocycles. The van der Waals surface area contributed by atoms with E-state index < -0.39 is 17.4 Å². The van der Waals surface area contributed by atoms with Crippen LogP contribution in [0.2, 0.25) is 5.02 Å². The first-order valence-electron chi connectivity index (χ1n) is 12.5. The quantitative estimate of drug-likeness (QED) is 0.269. The Morgan fingerprint density at radius 3 is 2.71 bits per heavy atom. The summed E-state index contributed by atoms with van der Waals surface area (Å²) in [5.74, 6) is -0.729. The Labute approximate surface area is 226 Å². The van der Waals surface area contributed by atoms with E-state index in [4.69, 9.17) is 20.9 Å². The van der Waals surface area contributed by atoms with Gasteiger partial charge in [0.1, 0.15) is 27.6 Å². The van der Waals surface area contributed by atoms with Crippen LogP contribution in [0.15, 0.2) is 29.0 Å². The van der Waals surface area contributed by atoms with E-state index in [2.05, 4.69) is 15.1 Å². The number of aliphatic hydroxyl groups is 1. The number of aryl methyl sites for hydroxylation is 1. The molecule has 3 aromatic heterocycles. The summed E-state index contributed by atoms with van der Waals surface area (Å²) < 4.78 is 26.9. The highest BCUT2D eigenvalue weighted by Crippen LogP contribution is 2.46. The zero-order valence-electron chi connectivity index (χ0n) is 20.5. The molecule has 0 saturated heterocycles. The highest BCUT2D eigenvalue weighted by atomic mass is 35.5. The molecule has 3 heterocycles. The van der Waals surface area contributed by atoms with Crippen molar-refractivity contribution in [3.05, 3.63) is 62.8 Å². The van der Waals surface area contributed by atoms with Crippen molar-refractivity contribution in [1.82, 2.24) is 15.1 Å². The number of fused-ring (bicyclic) bond motifs is 1. The maximum absolute atomic E-state index is 14.5. The number of carboxylic acid groups (broad SMARTS) is 1. The van der Waals surface area contributed by atoms with Crippen molar-refractivity contribution in [2.24, 2.45) is 0 Å². The Morgan fingerprint density at radius 1 is 1.26 bits per heavy atom. The minimum Gasteiger partial charge on any atom is -0.478 e. The number of halogens is 2. The summed E-state index contributed by atoms with van der Waals surface area (Å²) in [7, 11) is 0. The Kier molecular flexibility index (Phi) is 6.46. The van der Waals surface area contributed by atoms with Gasteiger partial charge in [0.05, 0.1) is 28.0 Å². The van der Waals surface area contributed by atoms with E-state index in [1.165, 1.54) is 6.07 Å². The first kappa shape index (κ1) is 25.4. The number of rotatable bonds is 7. The molecule has 2 aliphatic rings. The first-order chi connectivity index (χ1) is 18.2. The third-order valence-electron chi connectivity index (χ3n) is 7.41. The van der Waals surface area contributed by atoms with Crippen molar-refractivity contribution in [3.8, 4) is 11.3 Å². The molecular formula is C27H25ClFN3O5S. The van der Waals surface area contributed by atoms with Crippen LogP contribution in [0.1, 0.15) is 76.7 Å². The van der Waals surface area contributed by atoms with E-state index >= 15 is 0 Å². The van der Waals surface area contributed by atoms with Crippen LogP contribution < -0.4 is 0 Å². The molecule has 0 atom stereocenters. The fourth-order valence-corrected chi connectivity index (χ4v) is 6.58. The van der Waals surface area contributed by atoms with Gasteiger partial charge in [-0.3, -0.25) is 4.98 Å².